The van der Waals surface area contributed by atoms with Gasteiger partial charge in [-0.3, -0.25) is 0 Å². The van der Waals surface area contributed by atoms with E-state index in [1.165, 1.54) is 0 Å². The summed E-state index contributed by atoms with van der Waals surface area (Å²) in [7, 11) is 0. The summed E-state index contributed by atoms with van der Waals surface area (Å²) in [6, 6.07) is 3.51. The van der Waals surface area contributed by atoms with Crippen molar-refractivity contribution in [1.29, 1.82) is 0 Å². The van der Waals surface area contributed by atoms with Crippen molar-refractivity contribution >= 4 is 0 Å². The number of nitrogens with two attached hydrogens (primary N) is 1. The number of hydrogen-bond donors (Lipinski definition) is 1. The van der Waals surface area contributed by atoms with Gasteiger partial charge in [0.15, 0.2) is 5.76 Å². The molecular weight excluding hydrogens is 158 g/mol. The Balaban J connectivity index is 2.35. The highest BCUT2D eigenvalue weighted by molar-refractivity contribution is 5.44. The van der Waals surface area contributed by atoms with Gasteiger partial charge in [0.1, 0.15) is 0 Å². The van der Waals surface area contributed by atoms with Crippen molar-refractivity contribution in [2.45, 2.75) is 6.54 Å². The van der Waals surface area contributed by atoms with Gasteiger partial charge in [-0.25, -0.2) is 0 Å². The number of hydrogen-bond acceptors (Lipinski definition) is 5. The predicted octanol–water partition coefficient (Wildman–Crippen LogP) is 0.788. The second kappa shape index (κ2) is 2.78. The lowest BCUT2D eigenvalue weighted by molar-refractivity contribution is 0.379. The summed E-state index contributed by atoms with van der Waals surface area (Å²) in [5.41, 5.74) is 5.29. The van der Waals surface area contributed by atoms with Crippen molar-refractivity contribution in [2.75, 3.05) is 0 Å². The number of furan rings is 1. The Morgan fingerprint density at radius 3 is 3.00 bits per heavy atom. The van der Waals surface area contributed by atoms with E-state index in [1.807, 2.05) is 0 Å². The maximum absolute atomic E-state index is 5.29. The van der Waals surface area contributed by atoms with Gasteiger partial charge in [-0.05, 0) is 12.1 Å². The third-order valence-corrected chi connectivity index (χ3v) is 1.38. The lowest BCUT2D eigenvalue weighted by Gasteiger charge is -1.81. The minimum absolute atomic E-state index is 0.244. The molecule has 5 nitrogen and oxygen atoms in total. The van der Waals surface area contributed by atoms with Crippen LogP contribution in [0.5, 0.6) is 0 Å². The van der Waals surface area contributed by atoms with E-state index in [9.17, 15) is 0 Å². The molecule has 0 amide bonds. The van der Waals surface area contributed by atoms with Crippen molar-refractivity contribution in [3.8, 4) is 11.6 Å². The quantitative estimate of drug-likeness (QED) is 0.711. The normalized spacial score (nSPS) is 10.4. The molecule has 0 fully saturated rings. The van der Waals surface area contributed by atoms with Gasteiger partial charge in [0.05, 0.1) is 12.8 Å². The number of nitrogens with zero attached hydrogens (tertiary/aromatic N) is 2. The molecule has 0 spiro atoms. The molecule has 0 aliphatic rings. The van der Waals surface area contributed by atoms with Crippen LogP contribution in [0.4, 0.5) is 0 Å². The maximum Gasteiger partial charge on any atom is 0.240 e. The molecule has 2 rings (SSSR count). The largest absolute Gasteiger partial charge is 0.461 e. The lowest BCUT2D eigenvalue weighted by atomic mass is 10.4. The molecule has 62 valence electrons. The first-order valence-corrected chi connectivity index (χ1v) is 3.46. The molecule has 0 bridgehead atoms. The molecule has 0 aliphatic heterocycles. The molecule has 5 heteroatoms. The standard InChI is InChI=1S/C7H7N3O2/c8-4-6-9-7(10-12-6)5-2-1-3-11-5/h1-3H,4,8H2. The smallest absolute Gasteiger partial charge is 0.240 e. The highest BCUT2D eigenvalue weighted by Crippen LogP contribution is 2.14. The van der Waals surface area contributed by atoms with Gasteiger partial charge in [-0.1, -0.05) is 5.16 Å². The van der Waals surface area contributed by atoms with E-state index in [2.05, 4.69) is 10.1 Å². The van der Waals surface area contributed by atoms with Crippen molar-refractivity contribution in [1.82, 2.24) is 10.1 Å². The lowest BCUT2D eigenvalue weighted by Crippen LogP contribution is -1.95. The van der Waals surface area contributed by atoms with Gasteiger partial charge in [-0.15, -0.1) is 0 Å². The van der Waals surface area contributed by atoms with Gasteiger partial charge in [0.25, 0.3) is 0 Å². The zero-order valence-corrected chi connectivity index (χ0v) is 6.23. The van der Waals surface area contributed by atoms with Crippen LogP contribution in [0.25, 0.3) is 11.6 Å². The summed E-state index contributed by atoms with van der Waals surface area (Å²) in [5, 5.41) is 3.67. The van der Waals surface area contributed by atoms with Crippen molar-refractivity contribution in [2.24, 2.45) is 5.73 Å². The highest BCUT2D eigenvalue weighted by Gasteiger charge is 2.08. The second-order valence-corrected chi connectivity index (χ2v) is 2.19. The first-order chi connectivity index (χ1) is 5.90. The van der Waals surface area contributed by atoms with E-state index in [0.29, 0.717) is 17.5 Å². The Bertz CT molecular complexity index is 352. The molecular formula is C7H7N3O2. The van der Waals surface area contributed by atoms with Crippen LogP contribution >= 0.6 is 0 Å². The maximum atomic E-state index is 5.29. The molecule has 2 N–H and O–H groups in total. The van der Waals surface area contributed by atoms with E-state index in [1.54, 1.807) is 18.4 Å². The Morgan fingerprint density at radius 1 is 1.50 bits per heavy atom. The van der Waals surface area contributed by atoms with Gasteiger partial charge >= 0.3 is 0 Å². The summed E-state index contributed by atoms with van der Waals surface area (Å²) in [6.07, 6.45) is 1.55. The average Bonchev–Trinajstić information content (AvgIpc) is 2.75. The monoisotopic (exact) mass is 165 g/mol. The van der Waals surface area contributed by atoms with Crippen LogP contribution in [-0.4, -0.2) is 10.1 Å². The van der Waals surface area contributed by atoms with Crippen LogP contribution in [0, 0.1) is 0 Å². The fourth-order valence-electron chi connectivity index (χ4n) is 0.844. The van der Waals surface area contributed by atoms with Gasteiger partial charge in [0, 0.05) is 0 Å². The summed E-state index contributed by atoms with van der Waals surface area (Å²) in [6.45, 7) is 0.244. The molecule has 0 saturated carbocycles. The predicted molar refractivity (Wildman–Crippen MR) is 39.9 cm³/mol. The van der Waals surface area contributed by atoms with Crippen LogP contribution in [0.2, 0.25) is 0 Å². The van der Waals surface area contributed by atoms with Crippen LogP contribution < -0.4 is 5.73 Å². The zero-order valence-electron chi connectivity index (χ0n) is 6.23. The molecule has 0 aliphatic carbocycles. The first-order valence-electron chi connectivity index (χ1n) is 3.46. The van der Waals surface area contributed by atoms with Crippen LogP contribution in [-0.2, 0) is 6.54 Å². The molecule has 0 aromatic carbocycles. The molecule has 2 aromatic rings. The molecule has 0 saturated heterocycles. The fraction of sp³-hybridized carbons (Fsp3) is 0.143. The van der Waals surface area contributed by atoms with Gasteiger partial charge in [0.2, 0.25) is 11.7 Å². The van der Waals surface area contributed by atoms with Gasteiger partial charge in [-0.2, -0.15) is 4.98 Å². The van der Waals surface area contributed by atoms with Crippen LogP contribution in [0.3, 0.4) is 0 Å². The Labute approximate surface area is 68.2 Å². The van der Waals surface area contributed by atoms with E-state index in [0.717, 1.165) is 0 Å². The molecule has 2 aromatic heterocycles. The van der Waals surface area contributed by atoms with Crippen molar-refractivity contribution < 1.29 is 8.94 Å². The second-order valence-electron chi connectivity index (χ2n) is 2.19. The Kier molecular flexibility index (Phi) is 1.64. The van der Waals surface area contributed by atoms with Gasteiger partial charge < -0.3 is 14.7 Å². The minimum Gasteiger partial charge on any atom is -0.461 e. The molecule has 0 radical (unpaired) electrons. The Hall–Kier alpha value is -1.62. The fourth-order valence-corrected chi connectivity index (χ4v) is 0.844. The zero-order chi connectivity index (χ0) is 8.39. The molecule has 12 heavy (non-hydrogen) atoms. The molecule has 2 heterocycles. The van der Waals surface area contributed by atoms with Crippen LogP contribution in [0.1, 0.15) is 5.89 Å². The summed E-state index contributed by atoms with van der Waals surface area (Å²) in [5.74, 6) is 1.42. The van der Waals surface area contributed by atoms with Crippen LogP contribution in [0.15, 0.2) is 27.3 Å². The first kappa shape index (κ1) is 7.05. The Morgan fingerprint density at radius 2 is 2.42 bits per heavy atom. The SMILES string of the molecule is NCc1nc(-c2ccco2)no1. The van der Waals surface area contributed by atoms with E-state index >= 15 is 0 Å². The van der Waals surface area contributed by atoms with E-state index in [-0.39, 0.29) is 6.54 Å². The number of aromatic nitrogens is 2. The minimum atomic E-state index is 0.244. The van der Waals surface area contributed by atoms with Crippen molar-refractivity contribution in [3.05, 3.63) is 24.3 Å². The van der Waals surface area contributed by atoms with E-state index < -0.39 is 0 Å². The molecule has 0 atom stereocenters. The third-order valence-electron chi connectivity index (χ3n) is 1.38. The topological polar surface area (TPSA) is 78.1 Å². The highest BCUT2D eigenvalue weighted by atomic mass is 16.5. The third kappa shape index (κ3) is 1.10. The summed E-state index contributed by atoms with van der Waals surface area (Å²) >= 11 is 0. The molecule has 0 unspecified atom stereocenters. The number of rotatable bonds is 2. The summed E-state index contributed by atoms with van der Waals surface area (Å²) < 4.78 is 9.84. The summed E-state index contributed by atoms with van der Waals surface area (Å²) in [4.78, 5) is 3.97. The van der Waals surface area contributed by atoms with E-state index in [4.69, 9.17) is 14.7 Å². The average molecular weight is 165 g/mol. The van der Waals surface area contributed by atoms with Crippen molar-refractivity contribution in [3.63, 3.8) is 0 Å².